The first kappa shape index (κ1) is 17.8. The summed E-state index contributed by atoms with van der Waals surface area (Å²) in [5, 5.41) is 12.2. The standard InChI is InChI=1S/C16H24N2O4/c1-12(17-13-8-6-5-7-9-13)10-18(11-14(19)20)15(21)22-16(2,3)4/h5-9,12,17H,10-11H2,1-4H3,(H,19,20). The molecule has 2 N–H and O–H groups in total. The number of carbonyl (C=O) groups excluding carboxylic acids is 1. The summed E-state index contributed by atoms with van der Waals surface area (Å²) in [6.45, 7) is 6.96. The van der Waals surface area contributed by atoms with Crippen LogP contribution in [0.4, 0.5) is 10.5 Å². The van der Waals surface area contributed by atoms with Crippen molar-refractivity contribution in [3.8, 4) is 0 Å². The van der Waals surface area contributed by atoms with Crippen LogP contribution < -0.4 is 5.32 Å². The summed E-state index contributed by atoms with van der Waals surface area (Å²) < 4.78 is 5.25. The lowest BCUT2D eigenvalue weighted by atomic mass is 10.2. The molecule has 0 radical (unpaired) electrons. The summed E-state index contributed by atoms with van der Waals surface area (Å²) in [6.07, 6.45) is -0.628. The molecule has 0 fully saturated rings. The normalized spacial score (nSPS) is 12.4. The largest absolute Gasteiger partial charge is 0.480 e. The number of hydrogen-bond donors (Lipinski definition) is 2. The van der Waals surface area contributed by atoms with Crippen LogP contribution in [-0.2, 0) is 9.53 Å². The first-order chi connectivity index (χ1) is 10.2. The average Bonchev–Trinajstić information content (AvgIpc) is 2.36. The van der Waals surface area contributed by atoms with E-state index in [1.165, 1.54) is 4.90 Å². The number of aliphatic carboxylic acids is 1. The molecule has 0 aliphatic rings. The Morgan fingerprint density at radius 1 is 1.27 bits per heavy atom. The maximum absolute atomic E-state index is 12.1. The highest BCUT2D eigenvalue weighted by molar-refractivity contribution is 5.77. The third kappa shape index (κ3) is 6.97. The van der Waals surface area contributed by atoms with Gasteiger partial charge in [-0.25, -0.2) is 4.79 Å². The van der Waals surface area contributed by atoms with E-state index < -0.39 is 24.2 Å². The Bertz CT molecular complexity index is 497. The van der Waals surface area contributed by atoms with E-state index in [0.29, 0.717) is 0 Å². The molecule has 1 aromatic rings. The molecule has 6 nitrogen and oxygen atoms in total. The third-order valence-electron chi connectivity index (χ3n) is 2.66. The molecule has 0 aliphatic carbocycles. The Kier molecular flexibility index (Phi) is 6.22. The molecule has 0 aliphatic heterocycles. The second kappa shape index (κ2) is 7.68. The Morgan fingerprint density at radius 2 is 1.86 bits per heavy atom. The zero-order valence-corrected chi connectivity index (χ0v) is 13.5. The van der Waals surface area contributed by atoms with E-state index in [9.17, 15) is 9.59 Å². The number of ether oxygens (including phenoxy) is 1. The van der Waals surface area contributed by atoms with Crippen LogP contribution >= 0.6 is 0 Å². The first-order valence-corrected chi connectivity index (χ1v) is 7.18. The number of amides is 1. The highest BCUT2D eigenvalue weighted by Crippen LogP contribution is 2.12. The SMILES string of the molecule is CC(CN(CC(=O)O)C(=O)OC(C)(C)C)Nc1ccccc1. The molecule has 0 saturated heterocycles. The van der Waals surface area contributed by atoms with Crippen molar-refractivity contribution >= 4 is 17.7 Å². The molecule has 1 unspecified atom stereocenters. The number of anilines is 1. The highest BCUT2D eigenvalue weighted by atomic mass is 16.6. The zero-order valence-electron chi connectivity index (χ0n) is 13.5. The average molecular weight is 308 g/mol. The maximum Gasteiger partial charge on any atom is 0.410 e. The molecule has 1 rings (SSSR count). The molecule has 1 amide bonds. The van der Waals surface area contributed by atoms with Gasteiger partial charge in [-0.1, -0.05) is 18.2 Å². The van der Waals surface area contributed by atoms with E-state index in [1.807, 2.05) is 37.3 Å². The molecule has 0 spiro atoms. The quantitative estimate of drug-likeness (QED) is 0.845. The minimum atomic E-state index is -1.07. The molecule has 22 heavy (non-hydrogen) atoms. The molecule has 1 atom stereocenters. The third-order valence-corrected chi connectivity index (χ3v) is 2.66. The number of carboxylic acids is 1. The van der Waals surface area contributed by atoms with Crippen LogP contribution in [0, 0.1) is 0 Å². The number of hydrogen-bond acceptors (Lipinski definition) is 4. The van der Waals surface area contributed by atoms with Gasteiger partial charge < -0.3 is 15.2 Å². The fourth-order valence-electron chi connectivity index (χ4n) is 1.89. The van der Waals surface area contributed by atoms with Crippen LogP contribution in [0.2, 0.25) is 0 Å². The van der Waals surface area contributed by atoms with Gasteiger partial charge in [-0.3, -0.25) is 9.69 Å². The van der Waals surface area contributed by atoms with Crippen LogP contribution in [0.3, 0.4) is 0 Å². The molecular weight excluding hydrogens is 284 g/mol. The van der Waals surface area contributed by atoms with E-state index in [2.05, 4.69) is 5.32 Å². The van der Waals surface area contributed by atoms with E-state index in [-0.39, 0.29) is 12.6 Å². The molecule has 0 bridgehead atoms. The van der Waals surface area contributed by atoms with Crippen LogP contribution in [0.25, 0.3) is 0 Å². The summed E-state index contributed by atoms with van der Waals surface area (Å²) in [5.41, 5.74) is 0.249. The number of rotatable bonds is 6. The fourth-order valence-corrected chi connectivity index (χ4v) is 1.89. The van der Waals surface area contributed by atoms with Gasteiger partial charge in [0.1, 0.15) is 12.1 Å². The van der Waals surface area contributed by atoms with Crippen LogP contribution in [0.15, 0.2) is 30.3 Å². The monoisotopic (exact) mass is 308 g/mol. The predicted octanol–water partition coefficient (Wildman–Crippen LogP) is 2.81. The Morgan fingerprint density at radius 3 is 2.36 bits per heavy atom. The van der Waals surface area contributed by atoms with Gasteiger partial charge in [-0.05, 0) is 39.8 Å². The van der Waals surface area contributed by atoms with Gasteiger partial charge in [0.15, 0.2) is 0 Å². The molecule has 122 valence electrons. The van der Waals surface area contributed by atoms with Gasteiger partial charge in [-0.15, -0.1) is 0 Å². The number of nitrogens with zero attached hydrogens (tertiary/aromatic N) is 1. The number of para-hydroxylation sites is 1. The van der Waals surface area contributed by atoms with Crippen molar-refractivity contribution in [3.05, 3.63) is 30.3 Å². The van der Waals surface area contributed by atoms with Gasteiger partial charge in [0.25, 0.3) is 0 Å². The van der Waals surface area contributed by atoms with Crippen LogP contribution in [-0.4, -0.2) is 46.8 Å². The van der Waals surface area contributed by atoms with Gasteiger partial charge in [0, 0.05) is 18.3 Å². The Labute approximate surface area is 131 Å². The van der Waals surface area contributed by atoms with Crippen LogP contribution in [0.1, 0.15) is 27.7 Å². The summed E-state index contributed by atoms with van der Waals surface area (Å²) in [5.74, 6) is -1.07. The lowest BCUT2D eigenvalue weighted by molar-refractivity contribution is -0.138. The smallest absolute Gasteiger partial charge is 0.410 e. The van der Waals surface area contributed by atoms with Gasteiger partial charge in [-0.2, -0.15) is 0 Å². The van der Waals surface area contributed by atoms with Crippen molar-refractivity contribution < 1.29 is 19.4 Å². The molecule has 0 aromatic heterocycles. The Balaban J connectivity index is 2.67. The summed E-state index contributed by atoms with van der Waals surface area (Å²) in [6, 6.07) is 9.41. The second-order valence-corrected chi connectivity index (χ2v) is 6.17. The number of carbonyl (C=O) groups is 2. The maximum atomic E-state index is 12.1. The molecule has 0 saturated carbocycles. The molecule has 1 aromatic carbocycles. The first-order valence-electron chi connectivity index (χ1n) is 7.18. The van der Waals surface area contributed by atoms with Crippen molar-refractivity contribution in [3.63, 3.8) is 0 Å². The minimum Gasteiger partial charge on any atom is -0.480 e. The van der Waals surface area contributed by atoms with Gasteiger partial charge in [0.05, 0.1) is 0 Å². The molecular formula is C16H24N2O4. The Hall–Kier alpha value is -2.24. The molecule has 0 heterocycles. The number of benzene rings is 1. The summed E-state index contributed by atoms with van der Waals surface area (Å²) >= 11 is 0. The van der Waals surface area contributed by atoms with Crippen LogP contribution in [0.5, 0.6) is 0 Å². The van der Waals surface area contributed by atoms with Gasteiger partial charge in [0.2, 0.25) is 0 Å². The van der Waals surface area contributed by atoms with E-state index in [4.69, 9.17) is 9.84 Å². The topological polar surface area (TPSA) is 78.9 Å². The highest BCUT2D eigenvalue weighted by Gasteiger charge is 2.25. The summed E-state index contributed by atoms with van der Waals surface area (Å²) in [7, 11) is 0. The lowest BCUT2D eigenvalue weighted by Crippen LogP contribution is -2.44. The van der Waals surface area contributed by atoms with Crippen molar-refractivity contribution in [2.24, 2.45) is 0 Å². The lowest BCUT2D eigenvalue weighted by Gasteiger charge is -2.28. The predicted molar refractivity (Wildman–Crippen MR) is 85.0 cm³/mol. The fraction of sp³-hybridized carbons (Fsp3) is 0.500. The summed E-state index contributed by atoms with van der Waals surface area (Å²) in [4.78, 5) is 24.2. The van der Waals surface area contributed by atoms with E-state index >= 15 is 0 Å². The van der Waals surface area contributed by atoms with Crippen molar-refractivity contribution in [2.75, 3.05) is 18.4 Å². The number of nitrogens with one attached hydrogen (secondary N) is 1. The van der Waals surface area contributed by atoms with Gasteiger partial charge >= 0.3 is 12.1 Å². The second-order valence-electron chi connectivity index (χ2n) is 6.17. The minimum absolute atomic E-state index is 0.116. The number of carboxylic acid groups (broad SMARTS) is 1. The molecule has 6 heteroatoms. The van der Waals surface area contributed by atoms with Crippen molar-refractivity contribution in [2.45, 2.75) is 39.3 Å². The van der Waals surface area contributed by atoms with Crippen molar-refractivity contribution in [1.82, 2.24) is 4.90 Å². The zero-order chi connectivity index (χ0) is 16.8. The van der Waals surface area contributed by atoms with E-state index in [1.54, 1.807) is 20.8 Å². The van der Waals surface area contributed by atoms with Crippen molar-refractivity contribution in [1.29, 1.82) is 0 Å². The van der Waals surface area contributed by atoms with E-state index in [0.717, 1.165) is 5.69 Å².